The number of amides is 1. The Bertz CT molecular complexity index is 887. The maximum atomic E-state index is 13.2. The standard InChI is InChI=1S/C24H33N5O/c1-4-27(5-2)24-25-17-20-16-19(10-11-21(20)26-24)23(30)29-14-12-28(13-15-29)22-9-7-6-8-18(22)3/h6-9,17,19H,4-5,10-16H2,1-3H3/t19-/m0/s1. The number of fused-ring (bicyclic) bond motifs is 1. The fourth-order valence-electron chi connectivity index (χ4n) is 4.71. The maximum Gasteiger partial charge on any atom is 0.226 e. The first kappa shape index (κ1) is 20.6. The lowest BCUT2D eigenvalue weighted by Crippen LogP contribution is -2.51. The molecule has 1 atom stereocenters. The van der Waals surface area contributed by atoms with Gasteiger partial charge in [-0.15, -0.1) is 0 Å². The van der Waals surface area contributed by atoms with E-state index in [0.29, 0.717) is 5.91 Å². The van der Waals surface area contributed by atoms with E-state index in [1.54, 1.807) is 0 Å². The number of nitrogens with zero attached hydrogens (tertiary/aromatic N) is 5. The minimum absolute atomic E-state index is 0.0606. The molecule has 30 heavy (non-hydrogen) atoms. The van der Waals surface area contributed by atoms with Gasteiger partial charge in [0.1, 0.15) is 0 Å². The van der Waals surface area contributed by atoms with Crippen molar-refractivity contribution in [3.05, 3.63) is 47.3 Å². The Morgan fingerprint density at radius 3 is 2.57 bits per heavy atom. The van der Waals surface area contributed by atoms with E-state index in [1.165, 1.54) is 11.3 Å². The zero-order valence-corrected chi connectivity index (χ0v) is 18.5. The van der Waals surface area contributed by atoms with Crippen molar-refractivity contribution < 1.29 is 4.79 Å². The summed E-state index contributed by atoms with van der Waals surface area (Å²) < 4.78 is 0. The molecule has 0 radical (unpaired) electrons. The molecule has 1 fully saturated rings. The van der Waals surface area contributed by atoms with Crippen molar-refractivity contribution in [1.29, 1.82) is 0 Å². The molecule has 1 aromatic carbocycles. The van der Waals surface area contributed by atoms with Crippen molar-refractivity contribution in [3.8, 4) is 0 Å². The second-order valence-corrected chi connectivity index (χ2v) is 8.35. The average molecular weight is 408 g/mol. The molecule has 0 bridgehead atoms. The molecular formula is C24H33N5O. The highest BCUT2D eigenvalue weighted by Crippen LogP contribution is 2.28. The quantitative estimate of drug-likeness (QED) is 0.762. The van der Waals surface area contributed by atoms with Gasteiger partial charge < -0.3 is 14.7 Å². The van der Waals surface area contributed by atoms with Crippen LogP contribution in [0, 0.1) is 12.8 Å². The zero-order chi connectivity index (χ0) is 21.1. The summed E-state index contributed by atoms with van der Waals surface area (Å²) in [4.78, 5) is 29.2. The van der Waals surface area contributed by atoms with Crippen LogP contribution in [0.2, 0.25) is 0 Å². The van der Waals surface area contributed by atoms with Crippen molar-refractivity contribution in [2.45, 2.75) is 40.0 Å². The zero-order valence-electron chi connectivity index (χ0n) is 18.5. The van der Waals surface area contributed by atoms with Crippen molar-refractivity contribution in [2.24, 2.45) is 5.92 Å². The SMILES string of the molecule is CCN(CC)c1ncc2c(n1)CC[C@H](C(=O)N1CCN(c3ccccc3C)CC1)C2. The van der Waals surface area contributed by atoms with Gasteiger partial charge in [0, 0.05) is 62.8 Å². The number of aromatic nitrogens is 2. The van der Waals surface area contributed by atoms with Crippen LogP contribution in [0.1, 0.15) is 37.1 Å². The molecule has 6 heteroatoms. The molecule has 0 spiro atoms. The smallest absolute Gasteiger partial charge is 0.226 e. The molecule has 0 unspecified atom stereocenters. The summed E-state index contributed by atoms with van der Waals surface area (Å²) in [5.74, 6) is 1.18. The third-order valence-corrected chi connectivity index (χ3v) is 6.58. The van der Waals surface area contributed by atoms with Crippen molar-refractivity contribution in [3.63, 3.8) is 0 Å². The number of benzene rings is 1. The second-order valence-electron chi connectivity index (χ2n) is 8.35. The summed E-state index contributed by atoms with van der Waals surface area (Å²) in [6, 6.07) is 8.50. The van der Waals surface area contributed by atoms with Crippen molar-refractivity contribution >= 4 is 17.5 Å². The lowest BCUT2D eigenvalue weighted by molar-refractivity contribution is -0.136. The van der Waals surface area contributed by atoms with Crippen LogP contribution in [0.3, 0.4) is 0 Å². The van der Waals surface area contributed by atoms with E-state index >= 15 is 0 Å². The number of para-hydroxylation sites is 1. The summed E-state index contributed by atoms with van der Waals surface area (Å²) >= 11 is 0. The van der Waals surface area contributed by atoms with E-state index in [9.17, 15) is 4.79 Å². The largest absolute Gasteiger partial charge is 0.368 e. The predicted molar refractivity (Wildman–Crippen MR) is 121 cm³/mol. The van der Waals surface area contributed by atoms with Crippen LogP contribution in [0.5, 0.6) is 0 Å². The van der Waals surface area contributed by atoms with Gasteiger partial charge in [-0.1, -0.05) is 18.2 Å². The number of anilines is 2. The second kappa shape index (κ2) is 9.02. The summed E-state index contributed by atoms with van der Waals surface area (Å²) in [5.41, 5.74) is 4.86. The number of aryl methyl sites for hydroxylation is 2. The predicted octanol–water partition coefficient (Wildman–Crippen LogP) is 3.08. The number of hydrogen-bond acceptors (Lipinski definition) is 5. The Balaban J connectivity index is 1.37. The van der Waals surface area contributed by atoms with Gasteiger partial charge in [-0.05, 0) is 57.2 Å². The molecular weight excluding hydrogens is 374 g/mol. The van der Waals surface area contributed by atoms with E-state index in [4.69, 9.17) is 4.98 Å². The maximum absolute atomic E-state index is 13.2. The van der Waals surface area contributed by atoms with Gasteiger partial charge in [-0.25, -0.2) is 9.97 Å². The van der Waals surface area contributed by atoms with Crippen LogP contribution >= 0.6 is 0 Å². The molecule has 0 N–H and O–H groups in total. The van der Waals surface area contributed by atoms with E-state index in [1.807, 2.05) is 6.20 Å². The summed E-state index contributed by atoms with van der Waals surface area (Å²) in [6.07, 6.45) is 4.47. The summed E-state index contributed by atoms with van der Waals surface area (Å²) in [7, 11) is 0. The number of hydrogen-bond donors (Lipinski definition) is 0. The van der Waals surface area contributed by atoms with Gasteiger partial charge in [-0.2, -0.15) is 0 Å². The van der Waals surface area contributed by atoms with Crippen LogP contribution in [-0.4, -0.2) is 60.0 Å². The molecule has 160 valence electrons. The van der Waals surface area contributed by atoms with Crippen LogP contribution in [0.4, 0.5) is 11.6 Å². The first-order chi connectivity index (χ1) is 14.6. The van der Waals surface area contributed by atoms with E-state index in [-0.39, 0.29) is 5.92 Å². The summed E-state index contributed by atoms with van der Waals surface area (Å²) in [5, 5.41) is 0. The van der Waals surface area contributed by atoms with Crippen molar-refractivity contribution in [2.75, 3.05) is 49.1 Å². The van der Waals surface area contributed by atoms with Crippen molar-refractivity contribution in [1.82, 2.24) is 14.9 Å². The van der Waals surface area contributed by atoms with Gasteiger partial charge >= 0.3 is 0 Å². The van der Waals surface area contributed by atoms with Gasteiger partial charge in [-0.3, -0.25) is 4.79 Å². The molecule has 2 aromatic rings. The van der Waals surface area contributed by atoms with E-state index in [2.05, 4.69) is 64.7 Å². The third kappa shape index (κ3) is 4.13. The third-order valence-electron chi connectivity index (χ3n) is 6.58. The van der Waals surface area contributed by atoms with Crippen LogP contribution in [0.15, 0.2) is 30.5 Å². The molecule has 1 aliphatic heterocycles. The molecule has 6 nitrogen and oxygen atoms in total. The van der Waals surface area contributed by atoms with Gasteiger partial charge in [0.2, 0.25) is 11.9 Å². The molecule has 1 amide bonds. The van der Waals surface area contributed by atoms with Crippen LogP contribution < -0.4 is 9.80 Å². The highest BCUT2D eigenvalue weighted by molar-refractivity contribution is 5.80. The number of carbonyl (C=O) groups excluding carboxylic acids is 1. The molecule has 1 aromatic heterocycles. The van der Waals surface area contributed by atoms with Gasteiger partial charge in [0.25, 0.3) is 0 Å². The normalized spacial score (nSPS) is 18.8. The Morgan fingerprint density at radius 1 is 1.13 bits per heavy atom. The topological polar surface area (TPSA) is 52.6 Å². The minimum atomic E-state index is 0.0606. The Labute approximate surface area is 179 Å². The average Bonchev–Trinajstić information content (AvgIpc) is 2.79. The molecule has 4 rings (SSSR count). The molecule has 1 aliphatic carbocycles. The molecule has 1 saturated heterocycles. The first-order valence-corrected chi connectivity index (χ1v) is 11.3. The first-order valence-electron chi connectivity index (χ1n) is 11.3. The van der Waals surface area contributed by atoms with E-state index in [0.717, 1.165) is 75.7 Å². The highest BCUT2D eigenvalue weighted by Gasteiger charge is 2.31. The molecule has 2 aliphatic rings. The van der Waals surface area contributed by atoms with Gasteiger partial charge in [0.15, 0.2) is 0 Å². The summed E-state index contributed by atoms with van der Waals surface area (Å²) in [6.45, 7) is 11.6. The van der Waals surface area contributed by atoms with Gasteiger partial charge in [0.05, 0.1) is 0 Å². The molecule has 2 heterocycles. The highest BCUT2D eigenvalue weighted by atomic mass is 16.2. The van der Waals surface area contributed by atoms with Crippen LogP contribution in [-0.2, 0) is 17.6 Å². The van der Waals surface area contributed by atoms with E-state index < -0.39 is 0 Å². The number of carbonyl (C=O) groups is 1. The number of rotatable bonds is 5. The fraction of sp³-hybridized carbons (Fsp3) is 0.542. The van der Waals surface area contributed by atoms with Crippen LogP contribution in [0.25, 0.3) is 0 Å². The molecule has 0 saturated carbocycles. The lowest BCUT2D eigenvalue weighted by atomic mass is 9.86. The monoisotopic (exact) mass is 407 g/mol. The Kier molecular flexibility index (Phi) is 6.21. The fourth-order valence-corrected chi connectivity index (χ4v) is 4.71. The minimum Gasteiger partial charge on any atom is -0.368 e. The lowest BCUT2D eigenvalue weighted by Gasteiger charge is -2.38. The number of piperazine rings is 1. The Hall–Kier alpha value is -2.63. The Morgan fingerprint density at radius 2 is 1.87 bits per heavy atom.